The van der Waals surface area contributed by atoms with E-state index in [1.807, 2.05) is 52.9 Å². The summed E-state index contributed by atoms with van der Waals surface area (Å²) < 4.78 is 7.11. The minimum atomic E-state index is -0.751. The number of carbonyl (C=O) groups excluding carboxylic acids is 1. The zero-order chi connectivity index (χ0) is 31.9. The van der Waals surface area contributed by atoms with E-state index in [1.54, 1.807) is 11.8 Å². The van der Waals surface area contributed by atoms with Gasteiger partial charge in [-0.05, 0) is 72.5 Å². The lowest BCUT2D eigenvalue weighted by Gasteiger charge is -2.49. The van der Waals surface area contributed by atoms with E-state index in [-0.39, 0.29) is 22.1 Å². The number of hydrogen-bond acceptors (Lipinski definition) is 7. The lowest BCUT2D eigenvalue weighted by molar-refractivity contribution is -0.150. The van der Waals surface area contributed by atoms with Crippen LogP contribution in [-0.4, -0.2) is 53.8 Å². The minimum Gasteiger partial charge on any atom is -0.494 e. The van der Waals surface area contributed by atoms with Crippen LogP contribution in [0.25, 0.3) is 0 Å². The number of tetrazole rings is 1. The summed E-state index contributed by atoms with van der Waals surface area (Å²) in [6, 6.07) is 36.7. The Labute approximate surface area is 274 Å². The Kier molecular flexibility index (Phi) is 7.90. The van der Waals surface area contributed by atoms with Crippen molar-refractivity contribution in [3.8, 4) is 5.75 Å². The first-order valence-electron chi connectivity index (χ1n) is 15.8. The topological polar surface area (TPSA) is 85.2 Å². The minimum absolute atomic E-state index is 0.0487. The van der Waals surface area contributed by atoms with E-state index in [1.165, 1.54) is 0 Å². The second-order valence-corrected chi connectivity index (χ2v) is 14.3. The summed E-state index contributed by atoms with van der Waals surface area (Å²) in [6.07, 6.45) is 0. The predicted molar refractivity (Wildman–Crippen MR) is 180 cm³/mol. The molecule has 0 bridgehead atoms. The molecule has 5 aromatic rings. The van der Waals surface area contributed by atoms with Crippen molar-refractivity contribution in [3.63, 3.8) is 0 Å². The molecule has 8 nitrogen and oxygen atoms in total. The molecule has 7 rings (SSSR count). The molecule has 1 amide bonds. The summed E-state index contributed by atoms with van der Waals surface area (Å²) in [7, 11) is 0. The maximum absolute atomic E-state index is 14.4. The third-order valence-corrected chi connectivity index (χ3v) is 10.6. The summed E-state index contributed by atoms with van der Waals surface area (Å²) in [5.41, 5.74) is 4.72. The third kappa shape index (κ3) is 5.17. The van der Waals surface area contributed by atoms with Gasteiger partial charge in [-0.15, -0.1) is 16.9 Å². The molecule has 0 spiro atoms. The molecule has 1 aromatic heterocycles. The van der Waals surface area contributed by atoms with Crippen molar-refractivity contribution in [2.45, 2.75) is 62.0 Å². The van der Waals surface area contributed by atoms with Crippen LogP contribution in [0, 0.1) is 6.92 Å². The molecule has 3 atom stereocenters. The van der Waals surface area contributed by atoms with Gasteiger partial charge >= 0.3 is 0 Å². The average Bonchev–Trinajstić information content (AvgIpc) is 3.62. The molecule has 46 heavy (non-hydrogen) atoms. The molecule has 2 aliphatic heterocycles. The number of thioether (sulfide) groups is 1. The van der Waals surface area contributed by atoms with Crippen LogP contribution in [0.4, 0.5) is 0 Å². The van der Waals surface area contributed by atoms with Crippen molar-refractivity contribution in [2.75, 3.05) is 6.61 Å². The largest absolute Gasteiger partial charge is 0.494 e. The second kappa shape index (κ2) is 12.0. The van der Waals surface area contributed by atoms with Crippen molar-refractivity contribution in [1.29, 1.82) is 0 Å². The van der Waals surface area contributed by atoms with E-state index >= 15 is 0 Å². The molecule has 2 aliphatic rings. The third-order valence-electron chi connectivity index (χ3n) is 9.05. The second-order valence-electron chi connectivity index (χ2n) is 12.5. The molecule has 0 radical (unpaired) electrons. The van der Waals surface area contributed by atoms with Crippen LogP contribution < -0.4 is 10.1 Å². The number of nitrogens with zero attached hydrogens (tertiary/aromatic N) is 5. The number of β-lactam (4-membered cyclic amide) rings is 1. The average molecular weight is 631 g/mol. The van der Waals surface area contributed by atoms with Gasteiger partial charge < -0.3 is 9.64 Å². The zero-order valence-electron chi connectivity index (χ0n) is 26.5. The van der Waals surface area contributed by atoms with Crippen LogP contribution in [0.2, 0.25) is 0 Å². The first-order chi connectivity index (χ1) is 22.3. The molecule has 4 aromatic carbocycles. The SMILES string of the molecule is CCOc1ccc(Cn2nnnc2C2N3C(=O)C(NC(c4ccccc4)(c4ccccc4)c4cccc(C)c4)[C@@H]3SC2(C)C)cc1. The van der Waals surface area contributed by atoms with Gasteiger partial charge in [0.1, 0.15) is 23.2 Å². The number of hydrogen-bond donors (Lipinski definition) is 1. The van der Waals surface area contributed by atoms with E-state index in [0.717, 1.165) is 33.6 Å². The van der Waals surface area contributed by atoms with Gasteiger partial charge in [0, 0.05) is 4.75 Å². The van der Waals surface area contributed by atoms with E-state index in [2.05, 4.69) is 114 Å². The Morgan fingerprint density at radius 1 is 0.891 bits per heavy atom. The summed E-state index contributed by atoms with van der Waals surface area (Å²) in [5.74, 6) is 1.57. The molecule has 2 saturated heterocycles. The molecular formula is C37H38N6O2S. The highest BCUT2D eigenvalue weighted by molar-refractivity contribution is 8.01. The Balaban J connectivity index is 1.24. The lowest BCUT2D eigenvalue weighted by Crippen LogP contribution is -2.70. The predicted octanol–water partition coefficient (Wildman–Crippen LogP) is 6.11. The van der Waals surface area contributed by atoms with Gasteiger partial charge in [-0.1, -0.05) is 103 Å². The van der Waals surface area contributed by atoms with Crippen LogP contribution in [0.15, 0.2) is 109 Å². The Bertz CT molecular complexity index is 1790. The van der Waals surface area contributed by atoms with Gasteiger partial charge in [0.2, 0.25) is 5.91 Å². The molecular weight excluding hydrogens is 593 g/mol. The first-order valence-corrected chi connectivity index (χ1v) is 16.6. The summed E-state index contributed by atoms with van der Waals surface area (Å²) >= 11 is 1.80. The Hall–Kier alpha value is -4.47. The molecule has 0 saturated carbocycles. The highest BCUT2D eigenvalue weighted by Gasteiger charge is 2.64. The number of amides is 1. The fourth-order valence-corrected chi connectivity index (χ4v) is 8.58. The quantitative estimate of drug-likeness (QED) is 0.147. The van der Waals surface area contributed by atoms with E-state index < -0.39 is 11.6 Å². The Morgan fingerprint density at radius 2 is 1.54 bits per heavy atom. The number of aryl methyl sites for hydroxylation is 1. The number of ether oxygens (including phenoxy) is 1. The number of fused-ring (bicyclic) bond motifs is 1. The smallest absolute Gasteiger partial charge is 0.244 e. The van der Waals surface area contributed by atoms with E-state index in [0.29, 0.717) is 19.0 Å². The fourth-order valence-electron chi connectivity index (χ4n) is 6.95. The standard InChI is InChI=1S/C37H38N6O2S/c1-5-45-30-21-19-26(20-22-30)24-42-33(39-40-41-42)32-36(3,4)46-35-31(34(44)43(32)35)38-37(27-14-8-6-9-15-27,28-16-10-7-11-17-28)29-18-12-13-25(2)23-29/h6-23,31-32,35,38H,5,24H2,1-4H3/t31?,32?,35-/m0/s1. The number of rotatable bonds is 10. The number of carbonyl (C=O) groups is 1. The zero-order valence-corrected chi connectivity index (χ0v) is 27.3. The molecule has 1 N–H and O–H groups in total. The molecule has 3 heterocycles. The van der Waals surface area contributed by atoms with Crippen LogP contribution in [0.3, 0.4) is 0 Å². The van der Waals surface area contributed by atoms with Gasteiger partial charge in [-0.3, -0.25) is 10.1 Å². The van der Waals surface area contributed by atoms with Crippen molar-refractivity contribution < 1.29 is 9.53 Å². The summed E-state index contributed by atoms with van der Waals surface area (Å²) in [4.78, 5) is 16.4. The monoisotopic (exact) mass is 630 g/mol. The van der Waals surface area contributed by atoms with Gasteiger partial charge in [-0.2, -0.15) is 0 Å². The normalized spacial score (nSPS) is 20.3. The number of benzene rings is 4. The number of aromatic nitrogens is 4. The van der Waals surface area contributed by atoms with Gasteiger partial charge in [0.05, 0.1) is 18.7 Å². The maximum atomic E-state index is 14.4. The van der Waals surface area contributed by atoms with Crippen molar-refractivity contribution in [1.82, 2.24) is 30.4 Å². The number of nitrogens with one attached hydrogen (secondary N) is 1. The van der Waals surface area contributed by atoms with Crippen LogP contribution in [0.5, 0.6) is 5.75 Å². The molecule has 0 aliphatic carbocycles. The highest BCUT2D eigenvalue weighted by atomic mass is 32.2. The molecule has 9 heteroatoms. The highest BCUT2D eigenvalue weighted by Crippen LogP contribution is 2.57. The van der Waals surface area contributed by atoms with E-state index in [9.17, 15) is 4.79 Å². The first kappa shape index (κ1) is 30.2. The van der Waals surface area contributed by atoms with Crippen molar-refractivity contribution >= 4 is 17.7 Å². The van der Waals surface area contributed by atoms with Gasteiger partial charge in [0.15, 0.2) is 5.82 Å². The van der Waals surface area contributed by atoms with Gasteiger partial charge in [-0.25, -0.2) is 4.68 Å². The van der Waals surface area contributed by atoms with Crippen LogP contribution >= 0.6 is 11.8 Å². The fraction of sp³-hybridized carbons (Fsp3) is 0.297. The summed E-state index contributed by atoms with van der Waals surface area (Å²) in [5, 5.41) is 16.8. The van der Waals surface area contributed by atoms with E-state index in [4.69, 9.17) is 4.74 Å². The lowest BCUT2D eigenvalue weighted by atomic mass is 9.75. The Morgan fingerprint density at radius 3 is 2.17 bits per heavy atom. The van der Waals surface area contributed by atoms with Gasteiger partial charge in [0.25, 0.3) is 0 Å². The maximum Gasteiger partial charge on any atom is 0.244 e. The molecule has 2 unspecified atom stereocenters. The van der Waals surface area contributed by atoms with Crippen molar-refractivity contribution in [3.05, 3.63) is 143 Å². The molecule has 234 valence electrons. The van der Waals surface area contributed by atoms with Crippen LogP contribution in [0.1, 0.15) is 60.5 Å². The summed E-state index contributed by atoms with van der Waals surface area (Å²) in [6.45, 7) is 9.57. The van der Waals surface area contributed by atoms with Crippen molar-refractivity contribution in [2.24, 2.45) is 0 Å². The van der Waals surface area contributed by atoms with Crippen LogP contribution in [-0.2, 0) is 16.9 Å². The molecule has 2 fully saturated rings.